The Morgan fingerprint density at radius 3 is 2.73 bits per heavy atom. The van der Waals surface area contributed by atoms with Gasteiger partial charge in [-0.15, -0.1) is 0 Å². The first-order valence-corrected chi connectivity index (χ1v) is 3.44. The van der Waals surface area contributed by atoms with Crippen LogP contribution in [0, 0.1) is 5.92 Å². The molecule has 0 aromatic rings. The molecule has 0 spiro atoms. The van der Waals surface area contributed by atoms with Crippen LogP contribution in [0.25, 0.3) is 0 Å². The number of carbonyl (C=O) groups is 2. The van der Waals surface area contributed by atoms with Crippen LogP contribution in [0.15, 0.2) is 12.2 Å². The number of carbonyl (C=O) groups excluding carboxylic acids is 1. The molecule has 2 bridgehead atoms. The van der Waals surface area contributed by atoms with Crippen LogP contribution in [-0.4, -0.2) is 28.0 Å². The number of amides is 2. The SMILES string of the molecule is O=C(O)N1C(=O)C2C=CC1C2. The summed E-state index contributed by atoms with van der Waals surface area (Å²) in [7, 11) is 0. The molecule has 1 heterocycles. The van der Waals surface area contributed by atoms with Crippen molar-refractivity contribution in [2.45, 2.75) is 12.5 Å². The Bertz CT molecular complexity index is 258. The summed E-state index contributed by atoms with van der Waals surface area (Å²) in [6.07, 6.45) is 3.07. The first-order chi connectivity index (χ1) is 5.20. The third-order valence-corrected chi connectivity index (χ3v) is 2.15. The third kappa shape index (κ3) is 0.691. The highest BCUT2D eigenvalue weighted by Crippen LogP contribution is 2.32. The van der Waals surface area contributed by atoms with Gasteiger partial charge in [0, 0.05) is 0 Å². The Labute approximate surface area is 63.1 Å². The Kier molecular flexibility index (Phi) is 1.07. The second-order valence-electron chi connectivity index (χ2n) is 2.79. The highest BCUT2D eigenvalue weighted by Gasteiger charge is 2.44. The van der Waals surface area contributed by atoms with Crippen molar-refractivity contribution in [3.63, 3.8) is 0 Å². The average Bonchev–Trinajstić information content (AvgIpc) is 2.44. The zero-order valence-corrected chi connectivity index (χ0v) is 5.73. The number of hydrogen-bond acceptors (Lipinski definition) is 2. The van der Waals surface area contributed by atoms with Gasteiger partial charge in [-0.2, -0.15) is 0 Å². The molecule has 0 saturated carbocycles. The summed E-state index contributed by atoms with van der Waals surface area (Å²) < 4.78 is 0. The molecular weight excluding hydrogens is 146 g/mol. The second kappa shape index (κ2) is 1.84. The van der Waals surface area contributed by atoms with Gasteiger partial charge in [-0.3, -0.25) is 4.79 Å². The standard InChI is InChI=1S/C7H7NO3/c9-6-4-1-2-5(3-4)8(6)7(10)11/h1-2,4-5H,3H2,(H,10,11). The van der Waals surface area contributed by atoms with Gasteiger partial charge in [0.1, 0.15) is 0 Å². The van der Waals surface area contributed by atoms with Crippen LogP contribution in [0.3, 0.4) is 0 Å². The lowest BCUT2D eigenvalue weighted by Crippen LogP contribution is -2.38. The average molecular weight is 153 g/mol. The Balaban J connectivity index is 2.32. The normalized spacial score (nSPS) is 33.5. The summed E-state index contributed by atoms with van der Waals surface area (Å²) >= 11 is 0. The van der Waals surface area contributed by atoms with E-state index in [2.05, 4.69) is 0 Å². The summed E-state index contributed by atoms with van der Waals surface area (Å²) in [6.45, 7) is 0. The number of nitrogens with zero attached hydrogens (tertiary/aromatic N) is 1. The molecule has 1 aliphatic heterocycles. The van der Waals surface area contributed by atoms with E-state index in [1.54, 1.807) is 12.2 Å². The molecule has 58 valence electrons. The fourth-order valence-electron chi connectivity index (χ4n) is 1.63. The molecule has 0 aromatic heterocycles. The molecule has 2 rings (SSSR count). The van der Waals surface area contributed by atoms with Crippen molar-refractivity contribution in [1.82, 2.24) is 4.90 Å². The number of imide groups is 1. The number of hydrogen-bond donors (Lipinski definition) is 1. The molecular formula is C7H7NO3. The fraction of sp³-hybridized carbons (Fsp3) is 0.429. The maximum Gasteiger partial charge on any atom is 0.414 e. The highest BCUT2D eigenvalue weighted by molar-refractivity contribution is 5.97. The zero-order chi connectivity index (χ0) is 8.01. The largest absolute Gasteiger partial charge is 0.465 e. The van der Waals surface area contributed by atoms with Gasteiger partial charge in [0.05, 0.1) is 12.0 Å². The van der Waals surface area contributed by atoms with E-state index in [4.69, 9.17) is 5.11 Å². The molecule has 1 saturated heterocycles. The van der Waals surface area contributed by atoms with E-state index in [-0.39, 0.29) is 17.9 Å². The lowest BCUT2D eigenvalue weighted by Gasteiger charge is -2.17. The monoisotopic (exact) mass is 153 g/mol. The van der Waals surface area contributed by atoms with Crippen LogP contribution >= 0.6 is 0 Å². The molecule has 2 amide bonds. The van der Waals surface area contributed by atoms with Gasteiger partial charge in [-0.05, 0) is 6.42 Å². The van der Waals surface area contributed by atoms with Crippen molar-refractivity contribution in [2.24, 2.45) is 5.92 Å². The molecule has 2 aliphatic rings. The van der Waals surface area contributed by atoms with E-state index in [0.29, 0.717) is 6.42 Å². The van der Waals surface area contributed by atoms with Gasteiger partial charge in [0.15, 0.2) is 0 Å². The summed E-state index contributed by atoms with van der Waals surface area (Å²) in [6, 6.07) is -0.190. The number of likely N-dealkylation sites (tertiary alicyclic amines) is 1. The van der Waals surface area contributed by atoms with E-state index in [1.165, 1.54) is 0 Å². The van der Waals surface area contributed by atoms with Crippen LogP contribution in [0.2, 0.25) is 0 Å². The molecule has 2 atom stereocenters. The van der Waals surface area contributed by atoms with Crippen LogP contribution in [0.5, 0.6) is 0 Å². The lowest BCUT2D eigenvalue weighted by atomic mass is 10.1. The Hall–Kier alpha value is -1.32. The minimum absolute atomic E-state index is 0.170. The first kappa shape index (κ1) is 6.39. The van der Waals surface area contributed by atoms with Gasteiger partial charge in [0.2, 0.25) is 5.91 Å². The van der Waals surface area contributed by atoms with Gasteiger partial charge >= 0.3 is 6.09 Å². The van der Waals surface area contributed by atoms with Crippen LogP contribution < -0.4 is 0 Å². The minimum Gasteiger partial charge on any atom is -0.465 e. The number of rotatable bonds is 0. The molecule has 0 aromatic carbocycles. The van der Waals surface area contributed by atoms with Crippen molar-refractivity contribution in [3.05, 3.63) is 12.2 Å². The first-order valence-electron chi connectivity index (χ1n) is 3.44. The van der Waals surface area contributed by atoms with E-state index >= 15 is 0 Å². The topological polar surface area (TPSA) is 57.6 Å². The molecule has 2 unspecified atom stereocenters. The molecule has 1 fully saturated rings. The van der Waals surface area contributed by atoms with Gasteiger partial charge in [-0.25, -0.2) is 9.69 Å². The predicted molar refractivity (Wildman–Crippen MR) is 35.9 cm³/mol. The quantitative estimate of drug-likeness (QED) is 0.514. The maximum atomic E-state index is 11.1. The summed E-state index contributed by atoms with van der Waals surface area (Å²) in [5.41, 5.74) is 0. The van der Waals surface area contributed by atoms with E-state index in [0.717, 1.165) is 4.90 Å². The summed E-state index contributed by atoms with van der Waals surface area (Å²) in [5, 5.41) is 8.58. The molecule has 4 nitrogen and oxygen atoms in total. The van der Waals surface area contributed by atoms with Crippen molar-refractivity contribution in [2.75, 3.05) is 0 Å². The Morgan fingerprint density at radius 2 is 2.36 bits per heavy atom. The van der Waals surface area contributed by atoms with Gasteiger partial charge < -0.3 is 5.11 Å². The van der Waals surface area contributed by atoms with Crippen molar-refractivity contribution >= 4 is 12.0 Å². The van der Waals surface area contributed by atoms with Crippen LogP contribution in [0.4, 0.5) is 4.79 Å². The maximum absolute atomic E-state index is 11.1. The fourth-order valence-corrected chi connectivity index (χ4v) is 1.63. The minimum atomic E-state index is -1.13. The summed E-state index contributed by atoms with van der Waals surface area (Å²) in [5.74, 6) is -0.443. The molecule has 4 heteroatoms. The molecule has 1 aliphatic carbocycles. The van der Waals surface area contributed by atoms with Crippen molar-refractivity contribution in [3.8, 4) is 0 Å². The molecule has 0 radical (unpaired) electrons. The third-order valence-electron chi connectivity index (χ3n) is 2.15. The smallest absolute Gasteiger partial charge is 0.414 e. The predicted octanol–water partition coefficient (Wildman–Crippen LogP) is 0.451. The molecule has 1 N–H and O–H groups in total. The van der Waals surface area contributed by atoms with Gasteiger partial charge in [0.25, 0.3) is 0 Å². The van der Waals surface area contributed by atoms with E-state index in [9.17, 15) is 9.59 Å². The molecule has 11 heavy (non-hydrogen) atoms. The van der Waals surface area contributed by atoms with E-state index < -0.39 is 6.09 Å². The number of carboxylic acid groups (broad SMARTS) is 1. The summed E-state index contributed by atoms with van der Waals surface area (Å²) in [4.78, 5) is 22.5. The number of fused-ring (bicyclic) bond motifs is 2. The van der Waals surface area contributed by atoms with Crippen LogP contribution in [0.1, 0.15) is 6.42 Å². The second-order valence-corrected chi connectivity index (χ2v) is 2.79. The van der Waals surface area contributed by atoms with Crippen molar-refractivity contribution < 1.29 is 14.7 Å². The zero-order valence-electron chi connectivity index (χ0n) is 5.73. The Morgan fingerprint density at radius 1 is 1.64 bits per heavy atom. The lowest BCUT2D eigenvalue weighted by molar-refractivity contribution is -0.128. The van der Waals surface area contributed by atoms with Crippen molar-refractivity contribution in [1.29, 1.82) is 0 Å². The highest BCUT2D eigenvalue weighted by atomic mass is 16.4. The van der Waals surface area contributed by atoms with Gasteiger partial charge in [-0.1, -0.05) is 12.2 Å². The van der Waals surface area contributed by atoms with Crippen LogP contribution in [-0.2, 0) is 4.79 Å². The van der Waals surface area contributed by atoms with E-state index in [1.807, 2.05) is 0 Å².